The van der Waals surface area contributed by atoms with Crippen LogP contribution in [-0.4, -0.2) is 30.4 Å². The number of hydrogen-bond acceptors (Lipinski definition) is 5. The SMILES string of the molecule is CCOC(=O)[C@H](Nc1ccc(F)cc1)[C@H](Nc1ccc(F)cc1)C(=O)c1ccccc1. The normalized spacial score (nSPS) is 12.5. The molecule has 0 amide bonds. The summed E-state index contributed by atoms with van der Waals surface area (Å²) in [6.07, 6.45) is 0. The molecule has 0 spiro atoms. The van der Waals surface area contributed by atoms with Gasteiger partial charge in [-0.2, -0.15) is 0 Å². The fourth-order valence-electron chi connectivity index (χ4n) is 3.04. The number of hydrogen-bond donors (Lipinski definition) is 2. The predicted octanol–water partition coefficient (Wildman–Crippen LogP) is 4.67. The number of Topliss-reactive ketones (excluding diaryl/α,β-unsaturated/α-hetero) is 1. The molecule has 0 bridgehead atoms. The third-order valence-electron chi connectivity index (χ3n) is 4.55. The van der Waals surface area contributed by atoms with Crippen LogP contribution in [0.5, 0.6) is 0 Å². The Morgan fingerprint density at radius 1 is 0.774 bits per heavy atom. The van der Waals surface area contributed by atoms with Gasteiger partial charge in [-0.3, -0.25) is 4.79 Å². The van der Waals surface area contributed by atoms with Gasteiger partial charge in [0.25, 0.3) is 0 Å². The van der Waals surface area contributed by atoms with Gasteiger partial charge in [0.15, 0.2) is 11.8 Å². The number of carbonyl (C=O) groups is 2. The lowest BCUT2D eigenvalue weighted by Crippen LogP contribution is -2.50. The summed E-state index contributed by atoms with van der Waals surface area (Å²) in [6.45, 7) is 1.78. The van der Waals surface area contributed by atoms with Gasteiger partial charge < -0.3 is 15.4 Å². The number of nitrogens with one attached hydrogen (secondary N) is 2. The predicted molar refractivity (Wildman–Crippen MR) is 115 cm³/mol. The Bertz CT molecular complexity index is 1010. The smallest absolute Gasteiger partial charge is 0.331 e. The van der Waals surface area contributed by atoms with E-state index in [1.165, 1.54) is 48.5 Å². The fourth-order valence-corrected chi connectivity index (χ4v) is 3.04. The van der Waals surface area contributed by atoms with Crippen molar-refractivity contribution in [2.24, 2.45) is 0 Å². The summed E-state index contributed by atoms with van der Waals surface area (Å²) >= 11 is 0. The number of ether oxygens (including phenoxy) is 1. The van der Waals surface area contributed by atoms with Crippen LogP contribution in [0.2, 0.25) is 0 Å². The molecule has 0 fully saturated rings. The van der Waals surface area contributed by atoms with E-state index in [1.807, 2.05) is 0 Å². The van der Waals surface area contributed by atoms with Gasteiger partial charge in [0.05, 0.1) is 6.61 Å². The molecule has 31 heavy (non-hydrogen) atoms. The Morgan fingerprint density at radius 2 is 1.26 bits per heavy atom. The second-order valence-electron chi connectivity index (χ2n) is 6.74. The van der Waals surface area contributed by atoms with Crippen molar-refractivity contribution in [2.75, 3.05) is 17.2 Å². The maximum absolute atomic E-state index is 13.4. The summed E-state index contributed by atoms with van der Waals surface area (Å²) < 4.78 is 31.9. The molecule has 0 aliphatic rings. The van der Waals surface area contributed by atoms with E-state index in [4.69, 9.17) is 4.74 Å². The topological polar surface area (TPSA) is 67.4 Å². The Kier molecular flexibility index (Phi) is 7.32. The quantitative estimate of drug-likeness (QED) is 0.386. The van der Waals surface area contributed by atoms with Crippen LogP contribution in [0.25, 0.3) is 0 Å². The van der Waals surface area contributed by atoms with Gasteiger partial charge >= 0.3 is 5.97 Å². The first-order valence-electron chi connectivity index (χ1n) is 9.78. The molecule has 0 aliphatic carbocycles. The van der Waals surface area contributed by atoms with E-state index in [2.05, 4.69) is 10.6 Å². The number of halogens is 2. The summed E-state index contributed by atoms with van der Waals surface area (Å²) in [5, 5.41) is 6.00. The number of anilines is 2. The molecular weight excluding hydrogens is 402 g/mol. The van der Waals surface area contributed by atoms with Gasteiger partial charge in [0, 0.05) is 16.9 Å². The zero-order valence-electron chi connectivity index (χ0n) is 16.8. The van der Waals surface area contributed by atoms with E-state index >= 15 is 0 Å². The first kappa shape index (κ1) is 22.0. The molecule has 0 unspecified atom stereocenters. The van der Waals surface area contributed by atoms with Crippen molar-refractivity contribution in [3.63, 3.8) is 0 Å². The molecule has 3 rings (SSSR count). The van der Waals surface area contributed by atoms with Crippen molar-refractivity contribution in [1.82, 2.24) is 0 Å². The average molecular weight is 424 g/mol. The molecule has 160 valence electrons. The summed E-state index contributed by atoms with van der Waals surface area (Å²) in [5.41, 5.74) is 1.27. The number of benzene rings is 3. The molecule has 0 radical (unpaired) electrons. The highest BCUT2D eigenvalue weighted by molar-refractivity contribution is 6.05. The van der Waals surface area contributed by atoms with Gasteiger partial charge in [-0.25, -0.2) is 13.6 Å². The Balaban J connectivity index is 1.99. The lowest BCUT2D eigenvalue weighted by molar-refractivity contribution is -0.144. The molecular formula is C24H22F2N2O3. The minimum atomic E-state index is -1.14. The molecule has 0 aromatic heterocycles. The van der Waals surface area contributed by atoms with Crippen LogP contribution in [0.15, 0.2) is 78.9 Å². The van der Waals surface area contributed by atoms with E-state index in [0.717, 1.165) is 0 Å². The monoisotopic (exact) mass is 424 g/mol. The third-order valence-corrected chi connectivity index (χ3v) is 4.55. The van der Waals surface area contributed by atoms with Crippen LogP contribution < -0.4 is 10.6 Å². The van der Waals surface area contributed by atoms with E-state index in [0.29, 0.717) is 16.9 Å². The van der Waals surface area contributed by atoms with E-state index in [-0.39, 0.29) is 12.4 Å². The minimum Gasteiger partial charge on any atom is -0.464 e. The lowest BCUT2D eigenvalue weighted by atomic mass is 9.96. The van der Waals surface area contributed by atoms with Crippen molar-refractivity contribution in [1.29, 1.82) is 0 Å². The van der Waals surface area contributed by atoms with E-state index < -0.39 is 29.7 Å². The lowest BCUT2D eigenvalue weighted by Gasteiger charge is -2.28. The van der Waals surface area contributed by atoms with Crippen molar-refractivity contribution in [3.05, 3.63) is 96.1 Å². The van der Waals surface area contributed by atoms with Crippen LogP contribution in [-0.2, 0) is 9.53 Å². The third kappa shape index (κ3) is 5.88. The van der Waals surface area contributed by atoms with Crippen molar-refractivity contribution in [2.45, 2.75) is 19.0 Å². The molecule has 2 atom stereocenters. The first-order chi connectivity index (χ1) is 15.0. The van der Waals surface area contributed by atoms with Gasteiger partial charge in [-0.15, -0.1) is 0 Å². The van der Waals surface area contributed by atoms with Crippen molar-refractivity contribution in [3.8, 4) is 0 Å². The Hall–Kier alpha value is -3.74. The zero-order chi connectivity index (χ0) is 22.2. The van der Waals surface area contributed by atoms with Gasteiger partial charge in [-0.1, -0.05) is 30.3 Å². The van der Waals surface area contributed by atoms with E-state index in [1.54, 1.807) is 37.3 Å². The van der Waals surface area contributed by atoms with Crippen LogP contribution in [0.3, 0.4) is 0 Å². The molecule has 2 N–H and O–H groups in total. The Labute approximate surface area is 179 Å². The largest absolute Gasteiger partial charge is 0.464 e. The first-order valence-corrected chi connectivity index (χ1v) is 9.78. The highest BCUT2D eigenvalue weighted by atomic mass is 19.1. The second-order valence-corrected chi connectivity index (χ2v) is 6.74. The van der Waals surface area contributed by atoms with Gasteiger partial charge in [0.1, 0.15) is 17.7 Å². The summed E-state index contributed by atoms with van der Waals surface area (Å²) in [6, 6.07) is 17.1. The highest BCUT2D eigenvalue weighted by Gasteiger charge is 2.35. The van der Waals surface area contributed by atoms with Crippen molar-refractivity contribution >= 4 is 23.1 Å². The summed E-state index contributed by atoms with van der Waals surface area (Å²) in [5.74, 6) is -1.88. The van der Waals surface area contributed by atoms with Gasteiger partial charge in [-0.05, 0) is 55.5 Å². The maximum Gasteiger partial charge on any atom is 0.331 e. The highest BCUT2D eigenvalue weighted by Crippen LogP contribution is 2.19. The molecule has 5 nitrogen and oxygen atoms in total. The van der Waals surface area contributed by atoms with Crippen LogP contribution in [0, 0.1) is 11.6 Å². The average Bonchev–Trinajstić information content (AvgIpc) is 2.79. The molecule has 0 heterocycles. The molecule has 0 aliphatic heterocycles. The fraction of sp³-hybridized carbons (Fsp3) is 0.167. The van der Waals surface area contributed by atoms with Crippen molar-refractivity contribution < 1.29 is 23.1 Å². The van der Waals surface area contributed by atoms with Gasteiger partial charge in [0.2, 0.25) is 0 Å². The molecule has 0 saturated heterocycles. The van der Waals surface area contributed by atoms with Crippen LogP contribution in [0.4, 0.5) is 20.2 Å². The van der Waals surface area contributed by atoms with Crippen LogP contribution >= 0.6 is 0 Å². The zero-order valence-corrected chi connectivity index (χ0v) is 16.8. The number of esters is 1. The molecule has 7 heteroatoms. The molecule has 3 aromatic carbocycles. The molecule has 3 aromatic rings. The number of carbonyl (C=O) groups excluding carboxylic acids is 2. The minimum absolute atomic E-state index is 0.114. The van der Waals surface area contributed by atoms with Crippen LogP contribution in [0.1, 0.15) is 17.3 Å². The number of ketones is 1. The summed E-state index contributed by atoms with van der Waals surface area (Å²) in [4.78, 5) is 26.2. The molecule has 0 saturated carbocycles. The second kappa shape index (κ2) is 10.3. The Morgan fingerprint density at radius 3 is 1.74 bits per heavy atom. The number of rotatable bonds is 9. The van der Waals surface area contributed by atoms with E-state index in [9.17, 15) is 18.4 Å². The summed E-state index contributed by atoms with van der Waals surface area (Å²) in [7, 11) is 0. The maximum atomic E-state index is 13.4. The standard InChI is InChI=1S/C24H22F2N2O3/c1-2-31-24(30)22(28-20-14-10-18(26)11-15-20)21(23(29)16-6-4-3-5-7-16)27-19-12-8-17(25)9-13-19/h3-15,21-22,27-28H,2H2,1H3/t21-,22+/m0/s1.